The molecule has 2 spiro atoms. The summed E-state index contributed by atoms with van der Waals surface area (Å²) in [5.74, 6) is 0.571. The molecule has 2 saturated heterocycles. The zero-order valence-electron chi connectivity index (χ0n) is 34.6. The highest BCUT2D eigenvalue weighted by atomic mass is 16.7. The Kier molecular flexibility index (Phi) is 12.0. The summed E-state index contributed by atoms with van der Waals surface area (Å²) in [6, 6.07) is 0. The standard InChI is InChI=1S/C42H72O15/c1-20(7-8-27(37(2,3)53)57-36-33(52)31(50)29(48)24(17-44)56-36)21-9-11-40(6)34-22(45)15-25-38(4,19-54-35-32(51)30(49)28(47)23(16-43)55-35)26(46)10-12-41(25)18-42(34,41)14-13-39(21,40)5/h20-36,43-53H,7-19H2,1-6H3/t20-,21-,22+,23-,24-,25+,26+,27-,28-,29-,30+,31+,32-,33-,34+,35-,36+,38-,39-,40+,41-,42+/m1/s1. The maximum Gasteiger partial charge on any atom is 0.187 e. The minimum absolute atomic E-state index is 0.0110. The number of rotatable bonds is 12. The molecule has 2 aliphatic heterocycles. The first-order valence-electron chi connectivity index (χ1n) is 21.5. The summed E-state index contributed by atoms with van der Waals surface area (Å²) < 4.78 is 23.5. The lowest BCUT2D eigenvalue weighted by molar-refractivity contribution is -0.322. The van der Waals surface area contributed by atoms with Crippen molar-refractivity contribution in [1.29, 1.82) is 0 Å². The molecule has 7 aliphatic rings. The molecule has 0 aromatic heterocycles. The van der Waals surface area contributed by atoms with E-state index in [0.29, 0.717) is 31.6 Å². The Morgan fingerprint density at radius 1 is 0.702 bits per heavy atom. The van der Waals surface area contributed by atoms with Gasteiger partial charge in [-0.2, -0.15) is 0 Å². The predicted molar refractivity (Wildman–Crippen MR) is 202 cm³/mol. The summed E-state index contributed by atoms with van der Waals surface area (Å²) in [7, 11) is 0. The van der Waals surface area contributed by atoms with Gasteiger partial charge < -0.3 is 75.1 Å². The Morgan fingerprint density at radius 3 is 1.89 bits per heavy atom. The number of aliphatic hydroxyl groups is 11. The van der Waals surface area contributed by atoms with Gasteiger partial charge in [-0.15, -0.1) is 0 Å². The van der Waals surface area contributed by atoms with E-state index in [1.807, 2.05) is 6.92 Å². The quantitative estimate of drug-likeness (QED) is 0.123. The Morgan fingerprint density at radius 2 is 1.30 bits per heavy atom. The summed E-state index contributed by atoms with van der Waals surface area (Å²) in [4.78, 5) is 0. The summed E-state index contributed by atoms with van der Waals surface area (Å²) in [5, 5.41) is 117. The molecular weight excluding hydrogens is 744 g/mol. The molecule has 15 nitrogen and oxygen atoms in total. The highest BCUT2D eigenvalue weighted by Gasteiger charge is 2.84. The molecule has 5 saturated carbocycles. The van der Waals surface area contributed by atoms with Gasteiger partial charge in [-0.25, -0.2) is 0 Å². The lowest BCUT2D eigenvalue weighted by atomic mass is 9.41. The minimum atomic E-state index is -1.58. The van der Waals surface area contributed by atoms with Crippen LogP contribution >= 0.6 is 0 Å². The van der Waals surface area contributed by atoms with E-state index in [2.05, 4.69) is 20.8 Å². The van der Waals surface area contributed by atoms with Crippen molar-refractivity contribution in [2.75, 3.05) is 19.8 Å². The third kappa shape index (κ3) is 6.71. The molecule has 0 radical (unpaired) electrons. The van der Waals surface area contributed by atoms with Gasteiger partial charge >= 0.3 is 0 Å². The van der Waals surface area contributed by atoms with Crippen LogP contribution < -0.4 is 0 Å². The molecule has 0 unspecified atom stereocenters. The van der Waals surface area contributed by atoms with Crippen LogP contribution in [-0.4, -0.2) is 161 Å². The van der Waals surface area contributed by atoms with E-state index >= 15 is 0 Å². The summed E-state index contributed by atoms with van der Waals surface area (Å²) in [6.07, 6.45) is -8.25. The molecule has 15 heteroatoms. The van der Waals surface area contributed by atoms with Crippen LogP contribution in [0, 0.1) is 50.7 Å². The monoisotopic (exact) mass is 816 g/mol. The lowest BCUT2D eigenvalue weighted by Crippen LogP contribution is -2.63. The van der Waals surface area contributed by atoms with Crippen LogP contribution in [0.1, 0.15) is 106 Å². The fourth-order valence-corrected chi connectivity index (χ4v) is 14.3. The lowest BCUT2D eigenvalue weighted by Gasteiger charge is -2.64. The van der Waals surface area contributed by atoms with E-state index < -0.39 is 104 Å². The second kappa shape index (κ2) is 15.3. The SMILES string of the molecule is C[C@H](CC[C@@H](O[C@@H]1O[C@H](CO)[C@@H](O)[C@H](O)[C@H]1O)C(C)(C)O)[C@H]1CC[C@@]2(C)[C@@H]3[C@@H](O)C[C@H]4[C@@](C)(CO[C@@H]5O[C@H](CO)[C@@H](O)[C@H](O)[C@H]5O)[C@@H](O)CC[C@@]45C[C@@]35CC[C@]12C. The van der Waals surface area contributed by atoms with Gasteiger partial charge in [-0.05, 0) is 123 Å². The molecule has 0 amide bonds. The predicted octanol–water partition coefficient (Wildman–Crippen LogP) is -0.0739. The van der Waals surface area contributed by atoms with Crippen LogP contribution in [0.2, 0.25) is 0 Å². The van der Waals surface area contributed by atoms with Gasteiger partial charge in [-0.1, -0.05) is 27.7 Å². The number of hydrogen-bond acceptors (Lipinski definition) is 15. The Bertz CT molecular complexity index is 1430. The minimum Gasteiger partial charge on any atom is -0.394 e. The zero-order valence-corrected chi connectivity index (χ0v) is 34.6. The van der Waals surface area contributed by atoms with Gasteiger partial charge in [0.1, 0.15) is 48.8 Å². The highest BCUT2D eigenvalue weighted by Crippen LogP contribution is 2.89. The van der Waals surface area contributed by atoms with Crippen molar-refractivity contribution in [1.82, 2.24) is 0 Å². The normalized spacial score (nSPS) is 54.6. The topological polar surface area (TPSA) is 259 Å². The molecule has 7 rings (SSSR count). The first-order chi connectivity index (χ1) is 26.6. The van der Waals surface area contributed by atoms with Crippen molar-refractivity contribution >= 4 is 0 Å². The molecule has 11 N–H and O–H groups in total. The van der Waals surface area contributed by atoms with Crippen LogP contribution in [0.15, 0.2) is 0 Å². The van der Waals surface area contributed by atoms with Crippen LogP contribution in [0.3, 0.4) is 0 Å². The van der Waals surface area contributed by atoms with Gasteiger partial charge in [0.05, 0.1) is 43.7 Å². The number of hydrogen-bond donors (Lipinski definition) is 11. The number of ether oxygens (including phenoxy) is 4. The molecule has 0 aromatic carbocycles. The number of aliphatic hydroxyl groups excluding tert-OH is 10. The van der Waals surface area contributed by atoms with Crippen LogP contribution in [-0.2, 0) is 18.9 Å². The van der Waals surface area contributed by atoms with E-state index in [4.69, 9.17) is 18.9 Å². The van der Waals surface area contributed by atoms with E-state index in [9.17, 15) is 56.2 Å². The molecule has 0 aromatic rings. The van der Waals surface area contributed by atoms with Crippen molar-refractivity contribution in [2.24, 2.45) is 50.7 Å². The van der Waals surface area contributed by atoms with Crippen molar-refractivity contribution in [2.45, 2.75) is 191 Å². The zero-order chi connectivity index (χ0) is 41.8. The maximum atomic E-state index is 12.4. The van der Waals surface area contributed by atoms with Gasteiger partial charge in [0, 0.05) is 5.41 Å². The van der Waals surface area contributed by atoms with Crippen LogP contribution in [0.25, 0.3) is 0 Å². The second-order valence-corrected chi connectivity index (χ2v) is 20.9. The third-order valence-corrected chi connectivity index (χ3v) is 17.8. The van der Waals surface area contributed by atoms with Crippen molar-refractivity contribution < 1.29 is 75.1 Å². The molecule has 57 heavy (non-hydrogen) atoms. The average molecular weight is 817 g/mol. The first kappa shape index (κ1) is 44.5. The van der Waals surface area contributed by atoms with Crippen molar-refractivity contribution in [3.05, 3.63) is 0 Å². The van der Waals surface area contributed by atoms with Crippen LogP contribution in [0.5, 0.6) is 0 Å². The fraction of sp³-hybridized carbons (Fsp3) is 1.00. The van der Waals surface area contributed by atoms with Crippen LogP contribution in [0.4, 0.5) is 0 Å². The van der Waals surface area contributed by atoms with E-state index in [1.54, 1.807) is 13.8 Å². The average Bonchev–Trinajstić information content (AvgIpc) is 3.73. The maximum absolute atomic E-state index is 12.4. The van der Waals surface area contributed by atoms with Gasteiger partial charge in [0.15, 0.2) is 12.6 Å². The first-order valence-corrected chi connectivity index (χ1v) is 21.5. The third-order valence-electron chi connectivity index (χ3n) is 17.8. The van der Waals surface area contributed by atoms with Crippen molar-refractivity contribution in [3.63, 3.8) is 0 Å². The summed E-state index contributed by atoms with van der Waals surface area (Å²) in [6.45, 7) is 11.2. The van der Waals surface area contributed by atoms with Gasteiger partial charge in [-0.3, -0.25) is 0 Å². The molecule has 0 bridgehead atoms. The Labute approximate surface area is 336 Å². The van der Waals surface area contributed by atoms with Crippen molar-refractivity contribution in [3.8, 4) is 0 Å². The molecule has 7 fully saturated rings. The second-order valence-electron chi connectivity index (χ2n) is 20.9. The van der Waals surface area contributed by atoms with Gasteiger partial charge in [0.2, 0.25) is 0 Å². The molecular formula is C42H72O15. The van der Waals surface area contributed by atoms with E-state index in [1.165, 1.54) is 0 Å². The Hall–Kier alpha value is -0.600. The summed E-state index contributed by atoms with van der Waals surface area (Å²) >= 11 is 0. The van der Waals surface area contributed by atoms with Gasteiger partial charge in [0.25, 0.3) is 0 Å². The number of fused-ring (bicyclic) bond motifs is 2. The summed E-state index contributed by atoms with van der Waals surface area (Å²) in [5.41, 5.74) is -2.51. The molecule has 22 atom stereocenters. The van der Waals surface area contributed by atoms with E-state index in [-0.39, 0.29) is 46.0 Å². The van der Waals surface area contributed by atoms with E-state index in [0.717, 1.165) is 38.5 Å². The molecule has 2 heterocycles. The molecule has 330 valence electrons. The largest absolute Gasteiger partial charge is 0.394 e. The highest BCUT2D eigenvalue weighted by molar-refractivity contribution is 5.32. The fourth-order valence-electron chi connectivity index (χ4n) is 14.3. The molecule has 5 aliphatic carbocycles. The Balaban J connectivity index is 1.05. The smallest absolute Gasteiger partial charge is 0.187 e.